The summed E-state index contributed by atoms with van der Waals surface area (Å²) in [5, 5.41) is 0. The summed E-state index contributed by atoms with van der Waals surface area (Å²) in [5.41, 5.74) is 0. The van der Waals surface area contributed by atoms with Gasteiger partial charge in [0.2, 0.25) is 0 Å². The second-order valence-electron chi connectivity index (χ2n) is 7.29. The van der Waals surface area contributed by atoms with Crippen molar-refractivity contribution in [1.29, 1.82) is 0 Å². The van der Waals surface area contributed by atoms with Crippen molar-refractivity contribution in [1.82, 2.24) is 14.8 Å². The number of fused-ring (bicyclic) bond motifs is 1. The smallest absolute Gasteiger partial charge is 0.139 e. The summed E-state index contributed by atoms with van der Waals surface area (Å²) >= 11 is 0. The molecule has 0 aliphatic carbocycles. The third-order valence-electron chi connectivity index (χ3n) is 5.66. The number of hydrogen-bond acceptors (Lipinski definition) is 5. The van der Waals surface area contributed by atoms with Crippen molar-refractivity contribution in [3.05, 3.63) is 24.5 Å². The first-order chi connectivity index (χ1) is 11.9. The van der Waals surface area contributed by atoms with Crippen LogP contribution in [-0.2, 0) is 4.74 Å². The van der Waals surface area contributed by atoms with Crippen molar-refractivity contribution in [2.75, 3.05) is 39.3 Å². The Kier molecular flexibility index (Phi) is 5.30. The van der Waals surface area contributed by atoms with Crippen LogP contribution in [0.15, 0.2) is 24.5 Å². The highest BCUT2D eigenvalue weighted by Crippen LogP contribution is 2.31. The van der Waals surface area contributed by atoms with Gasteiger partial charge in [0.25, 0.3) is 0 Å². The van der Waals surface area contributed by atoms with Gasteiger partial charge in [0.15, 0.2) is 0 Å². The molecule has 0 radical (unpaired) electrons. The van der Waals surface area contributed by atoms with Crippen LogP contribution < -0.4 is 4.74 Å². The van der Waals surface area contributed by atoms with E-state index in [0.29, 0.717) is 6.04 Å². The molecule has 5 nitrogen and oxygen atoms in total. The van der Waals surface area contributed by atoms with Crippen LogP contribution in [0.5, 0.6) is 5.75 Å². The lowest BCUT2D eigenvalue weighted by Gasteiger charge is -2.34. The molecule has 0 spiro atoms. The Morgan fingerprint density at radius 2 is 2.08 bits per heavy atom. The van der Waals surface area contributed by atoms with E-state index in [2.05, 4.69) is 14.8 Å². The Morgan fingerprint density at radius 1 is 1.17 bits per heavy atom. The number of ether oxygens (including phenoxy) is 2. The second kappa shape index (κ2) is 7.81. The first kappa shape index (κ1) is 16.3. The summed E-state index contributed by atoms with van der Waals surface area (Å²) in [4.78, 5) is 9.39. The lowest BCUT2D eigenvalue weighted by molar-refractivity contribution is -0.0470. The molecule has 3 fully saturated rings. The highest BCUT2D eigenvalue weighted by atomic mass is 16.5. The highest BCUT2D eigenvalue weighted by Gasteiger charge is 2.45. The molecule has 0 saturated carbocycles. The maximum atomic E-state index is 6.22. The molecule has 3 aliphatic rings. The molecule has 0 aromatic carbocycles. The summed E-state index contributed by atoms with van der Waals surface area (Å²) < 4.78 is 12.3. The molecular weight excluding hydrogens is 302 g/mol. The van der Waals surface area contributed by atoms with Crippen LogP contribution in [0.25, 0.3) is 0 Å². The van der Waals surface area contributed by atoms with Gasteiger partial charge in [0.05, 0.1) is 6.20 Å². The first-order valence-corrected chi connectivity index (χ1v) is 9.55. The van der Waals surface area contributed by atoms with Crippen molar-refractivity contribution >= 4 is 0 Å². The number of rotatable bonds is 5. The monoisotopic (exact) mass is 331 g/mol. The van der Waals surface area contributed by atoms with Crippen molar-refractivity contribution in [2.45, 2.75) is 50.4 Å². The number of pyridine rings is 1. The predicted molar refractivity (Wildman–Crippen MR) is 93.3 cm³/mol. The van der Waals surface area contributed by atoms with E-state index in [4.69, 9.17) is 9.47 Å². The lowest BCUT2D eigenvalue weighted by Crippen LogP contribution is -2.44. The summed E-state index contributed by atoms with van der Waals surface area (Å²) in [5.74, 6) is 0.855. The van der Waals surface area contributed by atoms with E-state index in [0.717, 1.165) is 25.4 Å². The fourth-order valence-corrected chi connectivity index (χ4v) is 4.41. The molecule has 132 valence electrons. The minimum atomic E-state index is 0.126. The zero-order chi connectivity index (χ0) is 16.2. The second-order valence-corrected chi connectivity index (χ2v) is 7.29. The molecule has 24 heavy (non-hydrogen) atoms. The zero-order valence-corrected chi connectivity index (χ0v) is 14.5. The number of likely N-dealkylation sites (tertiary alicyclic amines) is 2. The predicted octanol–water partition coefficient (Wildman–Crippen LogP) is 2.18. The van der Waals surface area contributed by atoms with Crippen LogP contribution in [0.4, 0.5) is 0 Å². The van der Waals surface area contributed by atoms with E-state index in [1.165, 1.54) is 51.7 Å². The Bertz CT molecular complexity index is 507. The molecule has 0 amide bonds. The fourth-order valence-electron chi connectivity index (χ4n) is 4.41. The summed E-state index contributed by atoms with van der Waals surface area (Å²) in [7, 11) is 0. The van der Waals surface area contributed by atoms with Crippen LogP contribution in [0.1, 0.15) is 32.1 Å². The molecule has 3 saturated heterocycles. The molecule has 4 heterocycles. The third-order valence-corrected chi connectivity index (χ3v) is 5.66. The molecule has 0 unspecified atom stereocenters. The van der Waals surface area contributed by atoms with Gasteiger partial charge in [-0.2, -0.15) is 0 Å². The van der Waals surface area contributed by atoms with Gasteiger partial charge >= 0.3 is 0 Å². The molecule has 4 rings (SSSR count). The van der Waals surface area contributed by atoms with Crippen molar-refractivity contribution < 1.29 is 9.47 Å². The number of hydrogen-bond donors (Lipinski definition) is 0. The molecule has 3 aliphatic heterocycles. The maximum Gasteiger partial charge on any atom is 0.139 e. The van der Waals surface area contributed by atoms with Crippen LogP contribution >= 0.6 is 0 Å². The molecule has 1 aromatic rings. The summed E-state index contributed by atoms with van der Waals surface area (Å²) in [6, 6.07) is 4.43. The van der Waals surface area contributed by atoms with Gasteiger partial charge in [-0.25, -0.2) is 0 Å². The minimum Gasteiger partial charge on any atom is -0.485 e. The molecular formula is C19H29N3O2. The van der Waals surface area contributed by atoms with Gasteiger partial charge in [-0.1, -0.05) is 6.42 Å². The van der Waals surface area contributed by atoms with Crippen molar-refractivity contribution in [3.63, 3.8) is 0 Å². The number of aromatic nitrogens is 1. The van der Waals surface area contributed by atoms with Gasteiger partial charge in [-0.3, -0.25) is 9.88 Å². The van der Waals surface area contributed by atoms with E-state index in [1.807, 2.05) is 12.1 Å². The fraction of sp³-hybridized carbons (Fsp3) is 0.737. The topological polar surface area (TPSA) is 37.8 Å². The number of nitrogens with zero attached hydrogens (tertiary/aromatic N) is 3. The van der Waals surface area contributed by atoms with E-state index in [9.17, 15) is 0 Å². The summed E-state index contributed by atoms with van der Waals surface area (Å²) in [6.45, 7) is 6.70. The van der Waals surface area contributed by atoms with Crippen LogP contribution in [0.2, 0.25) is 0 Å². The third kappa shape index (κ3) is 3.73. The Hall–Kier alpha value is -1.17. The zero-order valence-electron chi connectivity index (χ0n) is 14.5. The Morgan fingerprint density at radius 3 is 2.92 bits per heavy atom. The highest BCUT2D eigenvalue weighted by molar-refractivity contribution is 5.17. The van der Waals surface area contributed by atoms with Gasteiger partial charge < -0.3 is 14.4 Å². The van der Waals surface area contributed by atoms with Crippen molar-refractivity contribution in [3.8, 4) is 5.75 Å². The Labute approximate surface area is 144 Å². The average molecular weight is 331 g/mol. The quantitative estimate of drug-likeness (QED) is 0.827. The maximum absolute atomic E-state index is 6.22. The van der Waals surface area contributed by atoms with E-state index in [1.54, 1.807) is 12.4 Å². The van der Waals surface area contributed by atoms with Gasteiger partial charge in [-0.05, 0) is 50.9 Å². The molecule has 5 heteroatoms. The SMILES string of the molecule is c1cncc(O[C@@H]2CN(CCN3CCCCC3)[C@@H]3CCCO[C@@H]32)c1. The average Bonchev–Trinajstić information content (AvgIpc) is 3.00. The number of piperidine rings is 1. The largest absolute Gasteiger partial charge is 0.485 e. The van der Waals surface area contributed by atoms with E-state index < -0.39 is 0 Å². The van der Waals surface area contributed by atoms with E-state index in [-0.39, 0.29) is 12.2 Å². The van der Waals surface area contributed by atoms with Crippen LogP contribution in [0.3, 0.4) is 0 Å². The molecule has 0 bridgehead atoms. The van der Waals surface area contributed by atoms with Gasteiger partial charge in [-0.15, -0.1) is 0 Å². The van der Waals surface area contributed by atoms with Crippen LogP contribution in [-0.4, -0.2) is 72.4 Å². The van der Waals surface area contributed by atoms with Crippen molar-refractivity contribution in [2.24, 2.45) is 0 Å². The van der Waals surface area contributed by atoms with Crippen LogP contribution in [0, 0.1) is 0 Å². The van der Waals surface area contributed by atoms with Gasteiger partial charge in [0, 0.05) is 38.5 Å². The molecule has 0 N–H and O–H groups in total. The Balaban J connectivity index is 1.37. The lowest BCUT2D eigenvalue weighted by atomic mass is 10.0. The van der Waals surface area contributed by atoms with E-state index >= 15 is 0 Å². The summed E-state index contributed by atoms with van der Waals surface area (Å²) in [6.07, 6.45) is 10.4. The molecule has 1 aromatic heterocycles. The normalized spacial score (nSPS) is 31.8. The molecule has 3 atom stereocenters. The minimum absolute atomic E-state index is 0.126. The first-order valence-electron chi connectivity index (χ1n) is 9.55. The standard InChI is InChI=1S/C19H29N3O2/c1-2-9-21(10-3-1)11-12-22-15-18(19-17(22)7-5-13-23-19)24-16-6-4-8-20-14-16/h4,6,8,14,17-19H,1-3,5,7,9-13,15H2/t17-,18-,19+/m1/s1. The van der Waals surface area contributed by atoms with Gasteiger partial charge in [0.1, 0.15) is 18.0 Å².